The molecule has 1 fully saturated rings. The molecule has 2 N–H and O–H groups in total. The summed E-state index contributed by atoms with van der Waals surface area (Å²) in [6.07, 6.45) is 1.10. The number of ether oxygens (including phenoxy) is 1. The Kier molecular flexibility index (Phi) is 6.59. The molecule has 0 spiro atoms. The second-order valence-electron chi connectivity index (χ2n) is 4.50. The highest BCUT2D eigenvalue weighted by atomic mass is 79.9. The zero-order valence-electron chi connectivity index (χ0n) is 10.9. The van der Waals surface area contributed by atoms with Gasteiger partial charge in [0.05, 0.1) is 12.0 Å². The van der Waals surface area contributed by atoms with Crippen LogP contribution in [0, 0.1) is 5.92 Å². The van der Waals surface area contributed by atoms with Gasteiger partial charge in [-0.3, -0.25) is 4.79 Å². The van der Waals surface area contributed by atoms with E-state index in [1.807, 2.05) is 0 Å². The van der Waals surface area contributed by atoms with Crippen molar-refractivity contribution in [3.63, 3.8) is 0 Å². The lowest BCUT2D eigenvalue weighted by atomic mass is 9.95. The molecule has 2 atom stereocenters. The van der Waals surface area contributed by atoms with Crippen molar-refractivity contribution in [1.29, 1.82) is 0 Å². The third-order valence-electron chi connectivity index (χ3n) is 3.24. The molecule has 108 valence electrons. The van der Waals surface area contributed by atoms with Crippen LogP contribution in [0.15, 0.2) is 9.85 Å². The Balaban J connectivity index is 0.00000180. The minimum absolute atomic E-state index is 0. The molecule has 0 aliphatic carbocycles. The summed E-state index contributed by atoms with van der Waals surface area (Å²) < 4.78 is 6.01. The topological polar surface area (TPSA) is 50.4 Å². The standard InChI is InChI=1S/C12H17BrN2O2S.ClH/c1-7-3-4-14-6-8(7)15-12(16)10-5-9(17-2)11(13)18-10;/h5,7-8,14H,3-4,6H2,1-2H3,(H,15,16);1H. The van der Waals surface area contributed by atoms with E-state index in [0.29, 0.717) is 16.5 Å². The summed E-state index contributed by atoms with van der Waals surface area (Å²) in [7, 11) is 1.60. The second-order valence-corrected chi connectivity index (χ2v) is 6.87. The van der Waals surface area contributed by atoms with Gasteiger partial charge in [-0.1, -0.05) is 6.92 Å². The number of halogens is 2. The molecule has 0 saturated carbocycles. The minimum atomic E-state index is -0.0236. The van der Waals surface area contributed by atoms with Crippen molar-refractivity contribution in [2.45, 2.75) is 19.4 Å². The van der Waals surface area contributed by atoms with Gasteiger partial charge >= 0.3 is 0 Å². The number of amides is 1. The molecule has 0 bridgehead atoms. The van der Waals surface area contributed by atoms with Crippen molar-refractivity contribution in [3.05, 3.63) is 14.7 Å². The molecule has 1 aliphatic heterocycles. The number of hydrogen-bond donors (Lipinski definition) is 2. The van der Waals surface area contributed by atoms with E-state index in [2.05, 4.69) is 33.5 Å². The van der Waals surface area contributed by atoms with E-state index >= 15 is 0 Å². The summed E-state index contributed by atoms with van der Waals surface area (Å²) in [4.78, 5) is 12.8. The molecule has 1 aliphatic rings. The first-order chi connectivity index (χ1) is 8.61. The lowest BCUT2D eigenvalue weighted by Crippen LogP contribution is -2.50. The number of carbonyl (C=O) groups is 1. The van der Waals surface area contributed by atoms with Gasteiger partial charge in [-0.25, -0.2) is 0 Å². The fraction of sp³-hybridized carbons (Fsp3) is 0.583. The Hall–Kier alpha value is -0.300. The first kappa shape index (κ1) is 16.8. The molecule has 0 radical (unpaired) electrons. The highest BCUT2D eigenvalue weighted by Gasteiger charge is 2.24. The lowest BCUT2D eigenvalue weighted by Gasteiger charge is -2.30. The van der Waals surface area contributed by atoms with Crippen LogP contribution in [0.2, 0.25) is 0 Å². The fourth-order valence-corrected chi connectivity index (χ4v) is 3.58. The van der Waals surface area contributed by atoms with Crippen LogP contribution in [0.25, 0.3) is 0 Å². The van der Waals surface area contributed by atoms with E-state index in [4.69, 9.17) is 4.74 Å². The van der Waals surface area contributed by atoms with Gasteiger partial charge in [-0.05, 0) is 34.8 Å². The number of thiophene rings is 1. The average Bonchev–Trinajstić information content (AvgIpc) is 2.73. The first-order valence-corrected chi connectivity index (χ1v) is 7.57. The molecule has 1 saturated heterocycles. The Morgan fingerprint density at radius 1 is 1.63 bits per heavy atom. The maximum atomic E-state index is 12.1. The fourth-order valence-electron chi connectivity index (χ4n) is 2.03. The Morgan fingerprint density at radius 2 is 2.37 bits per heavy atom. The van der Waals surface area contributed by atoms with Crippen molar-refractivity contribution in [2.75, 3.05) is 20.2 Å². The molecule has 2 rings (SSSR count). The first-order valence-electron chi connectivity index (χ1n) is 5.96. The molecule has 19 heavy (non-hydrogen) atoms. The average molecular weight is 370 g/mol. The molecule has 4 nitrogen and oxygen atoms in total. The molecule has 2 heterocycles. The third-order valence-corrected chi connectivity index (χ3v) is 5.02. The molecular weight excluding hydrogens is 352 g/mol. The second kappa shape index (κ2) is 7.47. The maximum absolute atomic E-state index is 12.1. The monoisotopic (exact) mass is 368 g/mol. The van der Waals surface area contributed by atoms with Gasteiger partial charge in [0, 0.05) is 18.7 Å². The van der Waals surface area contributed by atoms with Crippen LogP contribution in [0.3, 0.4) is 0 Å². The SMILES string of the molecule is COc1cc(C(=O)NC2CNCCC2C)sc1Br.Cl. The van der Waals surface area contributed by atoms with Crippen LogP contribution < -0.4 is 15.4 Å². The van der Waals surface area contributed by atoms with Gasteiger partial charge in [-0.2, -0.15) is 0 Å². The minimum Gasteiger partial charge on any atom is -0.495 e. The van der Waals surface area contributed by atoms with E-state index < -0.39 is 0 Å². The highest BCUT2D eigenvalue weighted by Crippen LogP contribution is 2.34. The quantitative estimate of drug-likeness (QED) is 0.861. The van der Waals surface area contributed by atoms with Gasteiger partial charge in [0.1, 0.15) is 9.54 Å². The van der Waals surface area contributed by atoms with Crippen molar-refractivity contribution < 1.29 is 9.53 Å². The Bertz CT molecular complexity index is 441. The molecule has 7 heteroatoms. The summed E-state index contributed by atoms with van der Waals surface area (Å²) in [5, 5.41) is 6.39. The third kappa shape index (κ3) is 4.08. The van der Waals surface area contributed by atoms with Crippen LogP contribution in [0.1, 0.15) is 23.0 Å². The van der Waals surface area contributed by atoms with Gasteiger partial charge in [-0.15, -0.1) is 23.7 Å². The van der Waals surface area contributed by atoms with Crippen LogP contribution in [-0.2, 0) is 0 Å². The van der Waals surface area contributed by atoms with Crippen LogP contribution in [-0.4, -0.2) is 32.1 Å². The predicted molar refractivity (Wildman–Crippen MR) is 83.7 cm³/mol. The van der Waals surface area contributed by atoms with Gasteiger partial charge < -0.3 is 15.4 Å². The van der Waals surface area contributed by atoms with E-state index in [-0.39, 0.29) is 24.4 Å². The van der Waals surface area contributed by atoms with E-state index in [9.17, 15) is 4.79 Å². The summed E-state index contributed by atoms with van der Waals surface area (Å²) >= 11 is 4.78. The van der Waals surface area contributed by atoms with E-state index in [1.54, 1.807) is 13.2 Å². The summed E-state index contributed by atoms with van der Waals surface area (Å²) in [5.74, 6) is 1.20. The van der Waals surface area contributed by atoms with Crippen molar-refractivity contribution >= 4 is 45.6 Å². The number of rotatable bonds is 3. The summed E-state index contributed by atoms with van der Waals surface area (Å²) in [6.45, 7) is 4.05. The zero-order chi connectivity index (χ0) is 13.1. The molecule has 1 aromatic rings. The van der Waals surface area contributed by atoms with Crippen LogP contribution in [0.4, 0.5) is 0 Å². The Labute approximate surface area is 131 Å². The predicted octanol–water partition coefficient (Wildman–Crippen LogP) is 2.67. The van der Waals surface area contributed by atoms with E-state index in [0.717, 1.165) is 23.3 Å². The van der Waals surface area contributed by atoms with Gasteiger partial charge in [0.2, 0.25) is 0 Å². The van der Waals surface area contributed by atoms with E-state index in [1.165, 1.54) is 11.3 Å². The van der Waals surface area contributed by atoms with Crippen LogP contribution in [0.5, 0.6) is 5.75 Å². The number of hydrogen-bond acceptors (Lipinski definition) is 4. The Morgan fingerprint density at radius 3 is 2.95 bits per heavy atom. The lowest BCUT2D eigenvalue weighted by molar-refractivity contribution is 0.0919. The maximum Gasteiger partial charge on any atom is 0.261 e. The number of nitrogens with one attached hydrogen (secondary N) is 2. The van der Waals surface area contributed by atoms with Gasteiger partial charge in [0.25, 0.3) is 5.91 Å². The van der Waals surface area contributed by atoms with Crippen molar-refractivity contribution in [3.8, 4) is 5.75 Å². The van der Waals surface area contributed by atoms with Crippen molar-refractivity contribution in [1.82, 2.24) is 10.6 Å². The zero-order valence-corrected chi connectivity index (χ0v) is 14.1. The molecule has 0 aromatic carbocycles. The highest BCUT2D eigenvalue weighted by molar-refractivity contribution is 9.11. The molecule has 2 unspecified atom stereocenters. The smallest absolute Gasteiger partial charge is 0.261 e. The van der Waals surface area contributed by atoms with Gasteiger partial charge in [0.15, 0.2) is 0 Å². The molecule has 1 aromatic heterocycles. The number of piperidine rings is 1. The summed E-state index contributed by atoms with van der Waals surface area (Å²) in [5.41, 5.74) is 0. The van der Waals surface area contributed by atoms with Crippen molar-refractivity contribution in [2.24, 2.45) is 5.92 Å². The van der Waals surface area contributed by atoms with Crippen LogP contribution >= 0.6 is 39.7 Å². The molecule has 1 amide bonds. The number of methoxy groups -OCH3 is 1. The summed E-state index contributed by atoms with van der Waals surface area (Å²) in [6, 6.07) is 1.98. The normalized spacial score (nSPS) is 22.5. The molecular formula is C12H18BrClN2O2S. The number of carbonyl (C=O) groups excluding carboxylic acids is 1. The largest absolute Gasteiger partial charge is 0.495 e.